The van der Waals surface area contributed by atoms with E-state index in [1.165, 1.54) is 0 Å². The predicted octanol–water partition coefficient (Wildman–Crippen LogP) is 1.53. The van der Waals surface area contributed by atoms with E-state index in [9.17, 15) is 0 Å². The summed E-state index contributed by atoms with van der Waals surface area (Å²) in [6.07, 6.45) is 4.20. The van der Waals surface area contributed by atoms with Crippen LogP contribution in [0.1, 0.15) is 32.6 Å². The van der Waals surface area contributed by atoms with Gasteiger partial charge in [-0.3, -0.25) is 0 Å². The summed E-state index contributed by atoms with van der Waals surface area (Å²) < 4.78 is 0. The van der Waals surface area contributed by atoms with E-state index in [0.717, 1.165) is 32.2 Å². The Morgan fingerprint density at radius 2 is 1.89 bits per heavy atom. The molecule has 0 aromatic carbocycles. The predicted molar refractivity (Wildman–Crippen MR) is 41.0 cm³/mol. The van der Waals surface area contributed by atoms with Crippen LogP contribution < -0.4 is 5.73 Å². The fraction of sp³-hybridized carbons (Fsp3) is 0.750. The highest BCUT2D eigenvalue weighted by Gasteiger charge is 1.75. The quantitative estimate of drug-likeness (QED) is 0.449. The SMILES string of the molecule is CCCC#CCCCN. The molecule has 0 amide bonds. The van der Waals surface area contributed by atoms with Crippen LogP contribution in [0.15, 0.2) is 0 Å². The minimum Gasteiger partial charge on any atom is -0.330 e. The van der Waals surface area contributed by atoms with E-state index in [1.54, 1.807) is 0 Å². The third-order valence-corrected chi connectivity index (χ3v) is 1.01. The van der Waals surface area contributed by atoms with E-state index in [1.807, 2.05) is 0 Å². The highest BCUT2D eigenvalue weighted by Crippen LogP contribution is 1.85. The van der Waals surface area contributed by atoms with Crippen molar-refractivity contribution in [3.63, 3.8) is 0 Å². The van der Waals surface area contributed by atoms with Crippen molar-refractivity contribution >= 4 is 0 Å². The largest absolute Gasteiger partial charge is 0.330 e. The summed E-state index contributed by atoms with van der Waals surface area (Å²) in [7, 11) is 0. The molecule has 0 bridgehead atoms. The molecule has 0 heterocycles. The molecule has 0 unspecified atom stereocenters. The Kier molecular flexibility index (Phi) is 7.12. The smallest absolute Gasteiger partial charge is 0.0101 e. The highest BCUT2D eigenvalue weighted by atomic mass is 14.5. The molecule has 0 saturated carbocycles. The van der Waals surface area contributed by atoms with Crippen molar-refractivity contribution in [1.82, 2.24) is 0 Å². The Bertz CT molecular complexity index is 96.9. The molecule has 0 aromatic rings. The zero-order valence-corrected chi connectivity index (χ0v) is 6.11. The monoisotopic (exact) mass is 125 g/mol. The fourth-order valence-electron chi connectivity index (χ4n) is 0.492. The van der Waals surface area contributed by atoms with Crippen molar-refractivity contribution in [2.24, 2.45) is 5.73 Å². The lowest BCUT2D eigenvalue weighted by atomic mass is 10.3. The average molecular weight is 125 g/mol. The van der Waals surface area contributed by atoms with E-state index in [0.29, 0.717) is 0 Å². The van der Waals surface area contributed by atoms with E-state index in [-0.39, 0.29) is 0 Å². The molecule has 0 atom stereocenters. The molecule has 52 valence electrons. The van der Waals surface area contributed by atoms with Gasteiger partial charge >= 0.3 is 0 Å². The van der Waals surface area contributed by atoms with E-state index in [4.69, 9.17) is 5.73 Å². The van der Waals surface area contributed by atoms with Gasteiger partial charge in [-0.1, -0.05) is 6.92 Å². The third kappa shape index (κ3) is 7.52. The number of hydrogen-bond donors (Lipinski definition) is 1. The van der Waals surface area contributed by atoms with E-state index < -0.39 is 0 Å². The van der Waals surface area contributed by atoms with Crippen LogP contribution in [0.3, 0.4) is 0 Å². The van der Waals surface area contributed by atoms with Crippen LogP contribution in [-0.4, -0.2) is 6.54 Å². The average Bonchev–Trinajstić information content (AvgIpc) is 1.89. The summed E-state index contributed by atoms with van der Waals surface area (Å²) >= 11 is 0. The Labute approximate surface area is 57.6 Å². The minimum atomic E-state index is 0.765. The number of rotatable bonds is 3. The van der Waals surface area contributed by atoms with Gasteiger partial charge in [0.1, 0.15) is 0 Å². The molecular weight excluding hydrogens is 110 g/mol. The molecule has 0 aliphatic rings. The molecule has 0 fully saturated rings. The van der Waals surface area contributed by atoms with Gasteiger partial charge in [0.05, 0.1) is 0 Å². The van der Waals surface area contributed by atoms with Gasteiger partial charge in [0.15, 0.2) is 0 Å². The van der Waals surface area contributed by atoms with Crippen LogP contribution in [0, 0.1) is 11.8 Å². The lowest BCUT2D eigenvalue weighted by Crippen LogP contribution is -1.96. The molecule has 9 heavy (non-hydrogen) atoms. The van der Waals surface area contributed by atoms with Crippen LogP contribution in [-0.2, 0) is 0 Å². The van der Waals surface area contributed by atoms with Crippen LogP contribution in [0.5, 0.6) is 0 Å². The van der Waals surface area contributed by atoms with Crippen LogP contribution in [0.2, 0.25) is 0 Å². The van der Waals surface area contributed by atoms with E-state index in [2.05, 4.69) is 18.8 Å². The van der Waals surface area contributed by atoms with E-state index >= 15 is 0 Å². The molecule has 1 heteroatoms. The second kappa shape index (κ2) is 7.52. The lowest BCUT2D eigenvalue weighted by Gasteiger charge is -1.83. The van der Waals surface area contributed by atoms with Crippen molar-refractivity contribution in [1.29, 1.82) is 0 Å². The lowest BCUT2D eigenvalue weighted by molar-refractivity contribution is 0.867. The summed E-state index contributed by atoms with van der Waals surface area (Å²) in [4.78, 5) is 0. The first-order valence-corrected chi connectivity index (χ1v) is 3.57. The van der Waals surface area contributed by atoms with Gasteiger partial charge in [-0.2, -0.15) is 0 Å². The molecule has 0 spiro atoms. The first-order valence-electron chi connectivity index (χ1n) is 3.57. The highest BCUT2D eigenvalue weighted by molar-refractivity contribution is 4.98. The van der Waals surface area contributed by atoms with Gasteiger partial charge < -0.3 is 5.73 Å². The maximum atomic E-state index is 5.28. The Morgan fingerprint density at radius 1 is 1.22 bits per heavy atom. The Morgan fingerprint density at radius 3 is 2.44 bits per heavy atom. The van der Waals surface area contributed by atoms with Crippen molar-refractivity contribution in [2.75, 3.05) is 6.54 Å². The molecule has 0 aromatic heterocycles. The van der Waals surface area contributed by atoms with Crippen LogP contribution >= 0.6 is 0 Å². The maximum absolute atomic E-state index is 5.28. The normalized spacial score (nSPS) is 8.22. The summed E-state index contributed by atoms with van der Waals surface area (Å²) in [5.74, 6) is 6.12. The Hall–Kier alpha value is -0.480. The van der Waals surface area contributed by atoms with Crippen molar-refractivity contribution in [2.45, 2.75) is 32.6 Å². The van der Waals surface area contributed by atoms with Crippen LogP contribution in [0.25, 0.3) is 0 Å². The van der Waals surface area contributed by atoms with Gasteiger partial charge in [-0.15, -0.1) is 11.8 Å². The molecule has 1 nitrogen and oxygen atoms in total. The maximum Gasteiger partial charge on any atom is 0.0101 e. The first-order chi connectivity index (χ1) is 4.41. The molecule has 2 N–H and O–H groups in total. The second-order valence-electron chi connectivity index (χ2n) is 2.00. The topological polar surface area (TPSA) is 26.0 Å². The zero-order chi connectivity index (χ0) is 6.95. The number of nitrogens with two attached hydrogens (primary N) is 1. The number of unbranched alkanes of at least 4 members (excludes halogenated alkanes) is 2. The van der Waals surface area contributed by atoms with Gasteiger partial charge in [0.2, 0.25) is 0 Å². The molecule has 0 radical (unpaired) electrons. The molecule has 0 aliphatic carbocycles. The van der Waals surface area contributed by atoms with Gasteiger partial charge in [0, 0.05) is 12.8 Å². The van der Waals surface area contributed by atoms with Crippen molar-refractivity contribution in [3.8, 4) is 11.8 Å². The summed E-state index contributed by atoms with van der Waals surface area (Å²) in [5.41, 5.74) is 5.28. The second-order valence-corrected chi connectivity index (χ2v) is 2.00. The fourth-order valence-corrected chi connectivity index (χ4v) is 0.492. The molecule has 0 saturated heterocycles. The van der Waals surface area contributed by atoms with Gasteiger partial charge in [-0.05, 0) is 19.4 Å². The van der Waals surface area contributed by atoms with Gasteiger partial charge in [-0.25, -0.2) is 0 Å². The summed E-state index contributed by atoms with van der Waals surface area (Å²) in [6.45, 7) is 2.90. The standard InChI is InChI=1S/C8H15N/c1-2-3-4-5-6-7-8-9/h2-3,6-9H2,1H3. The van der Waals surface area contributed by atoms with Crippen molar-refractivity contribution < 1.29 is 0 Å². The number of hydrogen-bond acceptors (Lipinski definition) is 1. The molecule has 0 rings (SSSR count). The molecule has 0 aliphatic heterocycles. The molecular formula is C8H15N. The van der Waals surface area contributed by atoms with Gasteiger partial charge in [0.25, 0.3) is 0 Å². The minimum absolute atomic E-state index is 0.765. The summed E-state index contributed by atoms with van der Waals surface area (Å²) in [5, 5.41) is 0. The zero-order valence-electron chi connectivity index (χ0n) is 6.11. The summed E-state index contributed by atoms with van der Waals surface area (Å²) in [6, 6.07) is 0. The third-order valence-electron chi connectivity index (χ3n) is 1.01. The van der Waals surface area contributed by atoms with Crippen LogP contribution in [0.4, 0.5) is 0 Å². The van der Waals surface area contributed by atoms with Crippen molar-refractivity contribution in [3.05, 3.63) is 0 Å². The first kappa shape index (κ1) is 8.52. The Balaban J connectivity index is 2.96.